The Morgan fingerprint density at radius 2 is 1.96 bits per heavy atom. The van der Waals surface area contributed by atoms with Gasteiger partial charge in [0.15, 0.2) is 6.61 Å². The molecule has 0 saturated carbocycles. The number of halogens is 1. The third-order valence-corrected chi connectivity index (χ3v) is 4.67. The number of pyridine rings is 1. The predicted molar refractivity (Wildman–Crippen MR) is 94.8 cm³/mol. The maximum Gasteiger partial charge on any atom is 0.257 e. The number of nitrogens with one attached hydrogen (secondary N) is 2. The Hall–Kier alpha value is -2.16. The standard InChI is InChI=1S/C16H18ClN3O4S/c17-14-3-5-15(6-4-14)24-12-16(21)19-8-9-25(22,23)20-11-13-2-1-7-18-10-13/h1-7,10,20H,8-9,11-12H2,(H,19,21). The van der Waals surface area contributed by atoms with Crippen molar-refractivity contribution in [3.63, 3.8) is 0 Å². The molecule has 1 heterocycles. The molecule has 0 saturated heterocycles. The Morgan fingerprint density at radius 3 is 2.64 bits per heavy atom. The minimum atomic E-state index is -3.50. The molecular weight excluding hydrogens is 366 g/mol. The first-order valence-electron chi connectivity index (χ1n) is 7.46. The Labute approximate surface area is 151 Å². The summed E-state index contributed by atoms with van der Waals surface area (Å²) in [5, 5.41) is 3.07. The molecule has 9 heteroatoms. The molecule has 7 nitrogen and oxygen atoms in total. The molecule has 0 unspecified atom stereocenters. The minimum Gasteiger partial charge on any atom is -0.484 e. The summed E-state index contributed by atoms with van der Waals surface area (Å²) in [7, 11) is -3.50. The summed E-state index contributed by atoms with van der Waals surface area (Å²) in [6.45, 7) is -0.0558. The largest absolute Gasteiger partial charge is 0.484 e. The van der Waals surface area contributed by atoms with E-state index in [4.69, 9.17) is 16.3 Å². The fourth-order valence-electron chi connectivity index (χ4n) is 1.82. The number of carbonyl (C=O) groups is 1. The van der Waals surface area contributed by atoms with Gasteiger partial charge in [0.1, 0.15) is 5.75 Å². The quantitative estimate of drug-likeness (QED) is 0.681. The van der Waals surface area contributed by atoms with Gasteiger partial charge in [-0.1, -0.05) is 17.7 Å². The van der Waals surface area contributed by atoms with E-state index in [1.165, 1.54) is 0 Å². The zero-order valence-electron chi connectivity index (χ0n) is 13.3. The molecule has 0 fully saturated rings. The van der Waals surface area contributed by atoms with E-state index in [1.807, 2.05) is 0 Å². The molecule has 1 aromatic heterocycles. The highest BCUT2D eigenvalue weighted by Gasteiger charge is 2.11. The monoisotopic (exact) mass is 383 g/mol. The summed E-state index contributed by atoms with van der Waals surface area (Å²) in [5.74, 6) is -0.123. The van der Waals surface area contributed by atoms with Crippen LogP contribution in [0.15, 0.2) is 48.8 Å². The first-order chi connectivity index (χ1) is 11.9. The second-order valence-corrected chi connectivity index (χ2v) is 7.46. The van der Waals surface area contributed by atoms with Gasteiger partial charge in [0.25, 0.3) is 5.91 Å². The molecule has 0 atom stereocenters. The van der Waals surface area contributed by atoms with Crippen LogP contribution >= 0.6 is 11.6 Å². The number of hydrogen-bond acceptors (Lipinski definition) is 5. The molecule has 0 aliphatic carbocycles. The minimum absolute atomic E-state index is 0.00875. The molecular formula is C16H18ClN3O4S. The van der Waals surface area contributed by atoms with Gasteiger partial charge in [0, 0.05) is 30.5 Å². The molecule has 2 rings (SSSR count). The van der Waals surface area contributed by atoms with Crippen molar-refractivity contribution >= 4 is 27.5 Å². The number of benzene rings is 1. The number of nitrogens with zero attached hydrogens (tertiary/aromatic N) is 1. The number of aromatic nitrogens is 1. The number of ether oxygens (including phenoxy) is 1. The van der Waals surface area contributed by atoms with Crippen LogP contribution in [0, 0.1) is 0 Å². The third-order valence-electron chi connectivity index (χ3n) is 3.10. The summed E-state index contributed by atoms with van der Waals surface area (Å²) in [4.78, 5) is 15.6. The molecule has 134 valence electrons. The van der Waals surface area contributed by atoms with Crippen LogP contribution in [0.1, 0.15) is 5.56 Å². The van der Waals surface area contributed by atoms with Gasteiger partial charge in [-0.15, -0.1) is 0 Å². The average molecular weight is 384 g/mol. The number of hydrogen-bond donors (Lipinski definition) is 2. The number of rotatable bonds is 9. The molecule has 0 spiro atoms. The van der Waals surface area contributed by atoms with Gasteiger partial charge in [0.2, 0.25) is 10.0 Å². The lowest BCUT2D eigenvalue weighted by atomic mass is 10.3. The van der Waals surface area contributed by atoms with E-state index in [9.17, 15) is 13.2 Å². The highest BCUT2D eigenvalue weighted by Crippen LogP contribution is 2.15. The molecule has 0 aliphatic heterocycles. The fourth-order valence-corrected chi connectivity index (χ4v) is 2.85. The molecule has 1 aromatic carbocycles. The van der Waals surface area contributed by atoms with Crippen LogP contribution in [-0.4, -0.2) is 38.2 Å². The molecule has 0 bridgehead atoms. The van der Waals surface area contributed by atoms with Crippen molar-refractivity contribution in [1.82, 2.24) is 15.0 Å². The first-order valence-corrected chi connectivity index (χ1v) is 9.49. The highest BCUT2D eigenvalue weighted by molar-refractivity contribution is 7.89. The van der Waals surface area contributed by atoms with Crippen molar-refractivity contribution in [2.45, 2.75) is 6.54 Å². The lowest BCUT2D eigenvalue weighted by Gasteiger charge is -2.09. The molecule has 2 N–H and O–H groups in total. The van der Waals surface area contributed by atoms with E-state index >= 15 is 0 Å². The Kier molecular flexibility index (Phi) is 7.17. The van der Waals surface area contributed by atoms with Gasteiger partial charge in [-0.25, -0.2) is 13.1 Å². The number of sulfonamides is 1. The maximum absolute atomic E-state index is 11.9. The van der Waals surface area contributed by atoms with Crippen LogP contribution in [0.3, 0.4) is 0 Å². The Morgan fingerprint density at radius 1 is 1.20 bits per heavy atom. The molecule has 25 heavy (non-hydrogen) atoms. The van der Waals surface area contributed by atoms with Gasteiger partial charge >= 0.3 is 0 Å². The Balaban J connectivity index is 1.66. The SMILES string of the molecule is O=C(COc1ccc(Cl)cc1)NCCS(=O)(=O)NCc1cccnc1. The van der Waals surface area contributed by atoms with E-state index in [-0.39, 0.29) is 25.4 Å². The molecule has 0 aliphatic rings. The average Bonchev–Trinajstić information content (AvgIpc) is 2.60. The smallest absolute Gasteiger partial charge is 0.257 e. The van der Waals surface area contributed by atoms with E-state index in [0.717, 1.165) is 5.56 Å². The second-order valence-electron chi connectivity index (χ2n) is 5.09. The highest BCUT2D eigenvalue weighted by atomic mass is 35.5. The lowest BCUT2D eigenvalue weighted by molar-refractivity contribution is -0.122. The van der Waals surface area contributed by atoms with Crippen molar-refractivity contribution < 1.29 is 17.9 Å². The molecule has 1 amide bonds. The van der Waals surface area contributed by atoms with E-state index in [0.29, 0.717) is 10.8 Å². The van der Waals surface area contributed by atoms with Gasteiger partial charge in [0.05, 0.1) is 5.75 Å². The Bertz CT molecular complexity index is 783. The van der Waals surface area contributed by atoms with Crippen LogP contribution in [0.25, 0.3) is 0 Å². The van der Waals surface area contributed by atoms with Crippen molar-refractivity contribution in [2.75, 3.05) is 18.9 Å². The second kappa shape index (κ2) is 9.36. The number of amides is 1. The van der Waals surface area contributed by atoms with Crippen molar-refractivity contribution in [3.8, 4) is 5.75 Å². The molecule has 2 aromatic rings. The first kappa shape index (κ1) is 19.2. The van der Waals surface area contributed by atoms with Crippen molar-refractivity contribution in [2.24, 2.45) is 0 Å². The third kappa shape index (κ3) is 7.51. The van der Waals surface area contributed by atoms with Gasteiger partial charge in [-0.3, -0.25) is 9.78 Å². The fraction of sp³-hybridized carbons (Fsp3) is 0.250. The number of carbonyl (C=O) groups excluding carboxylic acids is 1. The van der Waals surface area contributed by atoms with Gasteiger partial charge in [-0.2, -0.15) is 0 Å². The van der Waals surface area contributed by atoms with Crippen LogP contribution in [0.5, 0.6) is 5.75 Å². The maximum atomic E-state index is 11.9. The van der Waals surface area contributed by atoms with Crippen LogP contribution in [0.2, 0.25) is 5.02 Å². The van der Waals surface area contributed by atoms with Crippen LogP contribution in [-0.2, 0) is 21.4 Å². The van der Waals surface area contributed by atoms with E-state index in [1.54, 1.807) is 48.8 Å². The normalized spacial score (nSPS) is 11.1. The zero-order chi connectivity index (χ0) is 18.1. The van der Waals surface area contributed by atoms with Crippen molar-refractivity contribution in [3.05, 3.63) is 59.4 Å². The lowest BCUT2D eigenvalue weighted by Crippen LogP contribution is -2.36. The molecule has 0 radical (unpaired) electrons. The predicted octanol–water partition coefficient (Wildman–Crippen LogP) is 1.35. The zero-order valence-corrected chi connectivity index (χ0v) is 14.9. The van der Waals surface area contributed by atoms with Crippen LogP contribution < -0.4 is 14.8 Å². The van der Waals surface area contributed by atoms with E-state index < -0.39 is 15.9 Å². The summed E-state index contributed by atoms with van der Waals surface area (Å²) >= 11 is 5.75. The summed E-state index contributed by atoms with van der Waals surface area (Å²) < 4.78 is 31.5. The van der Waals surface area contributed by atoms with Gasteiger partial charge in [-0.05, 0) is 35.9 Å². The summed E-state index contributed by atoms with van der Waals surface area (Å²) in [6, 6.07) is 10.1. The summed E-state index contributed by atoms with van der Waals surface area (Å²) in [5.41, 5.74) is 0.756. The van der Waals surface area contributed by atoms with E-state index in [2.05, 4.69) is 15.0 Å². The van der Waals surface area contributed by atoms with Gasteiger partial charge < -0.3 is 10.1 Å². The van der Waals surface area contributed by atoms with Crippen molar-refractivity contribution in [1.29, 1.82) is 0 Å². The topological polar surface area (TPSA) is 97.4 Å². The van der Waals surface area contributed by atoms with Crippen LogP contribution in [0.4, 0.5) is 0 Å². The summed E-state index contributed by atoms with van der Waals surface area (Å²) in [6.07, 6.45) is 3.19.